The van der Waals surface area contributed by atoms with E-state index in [2.05, 4.69) is 10.3 Å². The second-order valence-corrected chi connectivity index (χ2v) is 8.54. The van der Waals surface area contributed by atoms with Crippen molar-refractivity contribution in [1.29, 1.82) is 0 Å². The largest absolute Gasteiger partial charge is 0.462 e. The highest BCUT2D eigenvalue weighted by atomic mass is 32.2. The first-order chi connectivity index (χ1) is 13.5. The van der Waals surface area contributed by atoms with Crippen molar-refractivity contribution < 1.29 is 14.3 Å². The van der Waals surface area contributed by atoms with E-state index in [0.717, 1.165) is 26.4 Å². The Morgan fingerprint density at radius 2 is 1.96 bits per heavy atom. The van der Waals surface area contributed by atoms with Crippen LogP contribution in [0.25, 0.3) is 10.9 Å². The van der Waals surface area contributed by atoms with E-state index in [1.54, 1.807) is 18.7 Å². The number of hydrogen-bond acceptors (Lipinski definition) is 6. The second kappa shape index (κ2) is 9.21. The van der Waals surface area contributed by atoms with Crippen molar-refractivity contribution in [2.24, 2.45) is 0 Å². The molecule has 2 aromatic heterocycles. The Hall–Kier alpha value is -2.38. The van der Waals surface area contributed by atoms with Crippen LogP contribution in [0, 0.1) is 13.8 Å². The van der Waals surface area contributed by atoms with Crippen LogP contribution >= 0.6 is 23.1 Å². The van der Waals surface area contributed by atoms with E-state index in [4.69, 9.17) is 4.74 Å². The first-order valence-electron chi connectivity index (χ1n) is 9.05. The second-order valence-electron chi connectivity index (χ2n) is 6.20. The van der Waals surface area contributed by atoms with Crippen molar-refractivity contribution in [3.8, 4) is 0 Å². The molecular weight excluding hydrogens is 392 g/mol. The van der Waals surface area contributed by atoms with Gasteiger partial charge < -0.3 is 10.1 Å². The average Bonchev–Trinajstić information content (AvgIpc) is 2.95. The number of aromatic nitrogens is 1. The number of nitrogens with zero attached hydrogens (tertiary/aromatic N) is 1. The number of pyridine rings is 1. The zero-order valence-electron chi connectivity index (χ0n) is 16.1. The Bertz CT molecular complexity index is 1010. The Morgan fingerprint density at radius 3 is 2.75 bits per heavy atom. The molecule has 1 N–H and O–H groups in total. The molecule has 1 amide bonds. The van der Waals surface area contributed by atoms with Gasteiger partial charge >= 0.3 is 5.97 Å². The van der Waals surface area contributed by atoms with Gasteiger partial charge in [0.25, 0.3) is 0 Å². The molecule has 1 aromatic carbocycles. The van der Waals surface area contributed by atoms with Gasteiger partial charge in [0.05, 0.1) is 22.7 Å². The van der Waals surface area contributed by atoms with Crippen LogP contribution in [0.4, 0.5) is 5.00 Å². The van der Waals surface area contributed by atoms with Gasteiger partial charge in [0.2, 0.25) is 5.91 Å². The molecule has 3 aromatic rings. The van der Waals surface area contributed by atoms with E-state index in [1.165, 1.54) is 11.3 Å². The summed E-state index contributed by atoms with van der Waals surface area (Å²) in [6, 6.07) is 12.0. The third kappa shape index (κ3) is 4.72. The minimum absolute atomic E-state index is 0.125. The topological polar surface area (TPSA) is 68.3 Å². The van der Waals surface area contributed by atoms with Crippen molar-refractivity contribution >= 4 is 50.9 Å². The maximum atomic E-state index is 12.4. The van der Waals surface area contributed by atoms with Gasteiger partial charge in [0, 0.05) is 22.4 Å². The van der Waals surface area contributed by atoms with Crippen LogP contribution in [0.5, 0.6) is 0 Å². The molecule has 2 heterocycles. The quantitative estimate of drug-likeness (QED) is 0.424. The smallest absolute Gasteiger partial charge is 0.341 e. The molecule has 0 saturated carbocycles. The van der Waals surface area contributed by atoms with Crippen molar-refractivity contribution in [3.63, 3.8) is 0 Å². The van der Waals surface area contributed by atoms with Gasteiger partial charge in [-0.05, 0) is 38.5 Å². The number of carbonyl (C=O) groups is 2. The number of hydrogen-bond donors (Lipinski definition) is 1. The number of fused-ring (bicyclic) bond motifs is 1. The number of carbonyl (C=O) groups excluding carboxylic acids is 2. The third-order valence-corrected chi connectivity index (χ3v) is 6.32. The zero-order valence-corrected chi connectivity index (χ0v) is 17.7. The zero-order chi connectivity index (χ0) is 20.1. The third-order valence-electron chi connectivity index (χ3n) is 4.27. The summed E-state index contributed by atoms with van der Waals surface area (Å²) in [6.07, 6.45) is 0.331. The molecule has 28 heavy (non-hydrogen) atoms. The maximum Gasteiger partial charge on any atom is 0.341 e. The molecule has 0 fully saturated rings. The lowest BCUT2D eigenvalue weighted by Gasteiger charge is -2.07. The van der Waals surface area contributed by atoms with E-state index in [1.807, 2.05) is 50.2 Å². The lowest BCUT2D eigenvalue weighted by molar-refractivity contribution is -0.115. The van der Waals surface area contributed by atoms with E-state index >= 15 is 0 Å². The molecule has 0 unspecified atom stereocenters. The van der Waals surface area contributed by atoms with Crippen LogP contribution in [-0.4, -0.2) is 29.2 Å². The van der Waals surface area contributed by atoms with Crippen molar-refractivity contribution in [3.05, 3.63) is 52.4 Å². The number of thioether (sulfide) groups is 1. The fourth-order valence-electron chi connectivity index (χ4n) is 2.73. The van der Waals surface area contributed by atoms with Gasteiger partial charge in [0.15, 0.2) is 0 Å². The monoisotopic (exact) mass is 414 g/mol. The number of benzene rings is 1. The fourth-order valence-corrected chi connectivity index (χ4v) is 4.62. The predicted molar refractivity (Wildman–Crippen MR) is 115 cm³/mol. The number of amides is 1. The van der Waals surface area contributed by atoms with Gasteiger partial charge in [-0.3, -0.25) is 4.79 Å². The van der Waals surface area contributed by atoms with Crippen LogP contribution in [0.3, 0.4) is 0 Å². The van der Waals surface area contributed by atoms with Gasteiger partial charge in [-0.25, -0.2) is 9.78 Å². The lowest BCUT2D eigenvalue weighted by atomic mass is 10.1. The Labute approximate surface area is 172 Å². The molecule has 0 aliphatic carbocycles. The molecule has 146 valence electrons. The lowest BCUT2D eigenvalue weighted by Crippen LogP contribution is -2.15. The molecule has 5 nitrogen and oxygen atoms in total. The predicted octanol–water partition coefficient (Wildman–Crippen LogP) is 5.21. The summed E-state index contributed by atoms with van der Waals surface area (Å²) >= 11 is 2.94. The van der Waals surface area contributed by atoms with Gasteiger partial charge in [-0.2, -0.15) is 0 Å². The molecule has 0 spiro atoms. The first kappa shape index (κ1) is 20.4. The Morgan fingerprint density at radius 1 is 1.18 bits per heavy atom. The average molecular weight is 415 g/mol. The number of esters is 1. The van der Waals surface area contributed by atoms with Crippen molar-refractivity contribution in [2.75, 3.05) is 17.7 Å². The molecule has 0 aliphatic rings. The fraction of sp³-hybridized carbons (Fsp3) is 0.286. The minimum atomic E-state index is -0.394. The number of ether oxygens (including phenoxy) is 1. The Kier molecular flexibility index (Phi) is 6.70. The van der Waals surface area contributed by atoms with Gasteiger partial charge in [0.1, 0.15) is 5.00 Å². The highest BCUT2D eigenvalue weighted by Crippen LogP contribution is 2.33. The molecule has 0 saturated heterocycles. The summed E-state index contributed by atoms with van der Waals surface area (Å²) < 4.78 is 5.12. The number of nitrogens with one attached hydrogen (secondary N) is 1. The normalized spacial score (nSPS) is 10.8. The summed E-state index contributed by atoms with van der Waals surface area (Å²) in [5.41, 5.74) is 2.26. The summed E-state index contributed by atoms with van der Waals surface area (Å²) in [5.74, 6) is 0.0874. The van der Waals surface area contributed by atoms with Crippen LogP contribution in [0.15, 0.2) is 41.4 Å². The van der Waals surface area contributed by atoms with E-state index < -0.39 is 5.97 Å². The molecule has 0 bridgehead atoms. The summed E-state index contributed by atoms with van der Waals surface area (Å²) in [6.45, 7) is 5.87. The van der Waals surface area contributed by atoms with Crippen molar-refractivity contribution in [2.45, 2.75) is 32.2 Å². The summed E-state index contributed by atoms with van der Waals surface area (Å²) in [4.78, 5) is 30.2. The molecule has 7 heteroatoms. The standard InChI is InChI=1S/C21H22N2O3S2/c1-4-26-21(25)19-13(2)14(3)28-20(19)23-17(24)11-12-27-18-10-9-15-7-5-6-8-16(15)22-18/h5-10H,4,11-12H2,1-3H3,(H,23,24). The number of aryl methyl sites for hydroxylation is 1. The number of thiophene rings is 1. The van der Waals surface area contributed by atoms with Crippen molar-refractivity contribution in [1.82, 2.24) is 4.98 Å². The van der Waals surface area contributed by atoms with Gasteiger partial charge in [-0.1, -0.05) is 24.3 Å². The van der Waals surface area contributed by atoms with Crippen LogP contribution in [-0.2, 0) is 9.53 Å². The SMILES string of the molecule is CCOC(=O)c1c(NC(=O)CCSc2ccc3ccccc3n2)sc(C)c1C. The first-order valence-corrected chi connectivity index (χ1v) is 10.9. The van der Waals surface area contributed by atoms with E-state index in [0.29, 0.717) is 29.3 Å². The summed E-state index contributed by atoms with van der Waals surface area (Å²) in [7, 11) is 0. The molecule has 3 rings (SSSR count). The summed E-state index contributed by atoms with van der Waals surface area (Å²) in [5, 5.41) is 5.42. The maximum absolute atomic E-state index is 12.4. The van der Waals surface area contributed by atoms with Gasteiger partial charge in [-0.15, -0.1) is 23.1 Å². The van der Waals surface area contributed by atoms with E-state index in [9.17, 15) is 9.59 Å². The van der Waals surface area contributed by atoms with E-state index in [-0.39, 0.29) is 5.91 Å². The minimum Gasteiger partial charge on any atom is -0.462 e. The number of para-hydroxylation sites is 1. The van der Waals surface area contributed by atoms with Crippen LogP contribution < -0.4 is 5.32 Å². The molecule has 0 radical (unpaired) electrons. The molecular formula is C21H22N2O3S2. The molecule has 0 atom stereocenters. The number of anilines is 1. The van der Waals surface area contributed by atoms with Crippen LogP contribution in [0.2, 0.25) is 0 Å². The number of rotatable bonds is 7. The highest BCUT2D eigenvalue weighted by Gasteiger charge is 2.21. The Balaban J connectivity index is 1.60. The molecule has 0 aliphatic heterocycles. The highest BCUT2D eigenvalue weighted by molar-refractivity contribution is 7.99. The van der Waals surface area contributed by atoms with Crippen LogP contribution in [0.1, 0.15) is 34.1 Å².